The van der Waals surface area contributed by atoms with Gasteiger partial charge in [0.25, 0.3) is 5.91 Å². The third kappa shape index (κ3) is 2.20. The maximum Gasteiger partial charge on any atom is 0.258 e. The minimum absolute atomic E-state index is 0.147. The number of nitrogens with zero attached hydrogens (tertiary/aromatic N) is 1. The summed E-state index contributed by atoms with van der Waals surface area (Å²) in [5.74, 6) is -1.30. The highest BCUT2D eigenvalue weighted by atomic mass is 19.1. The van der Waals surface area contributed by atoms with Crippen molar-refractivity contribution in [2.24, 2.45) is 0 Å². The van der Waals surface area contributed by atoms with Crippen LogP contribution in [0.15, 0.2) is 30.3 Å². The predicted octanol–water partition coefficient (Wildman–Crippen LogP) is 2.70. The average Bonchev–Trinajstić information content (AvgIpc) is 2.76. The number of phenols is 2. The van der Waals surface area contributed by atoms with Crippen molar-refractivity contribution < 1.29 is 19.4 Å². The summed E-state index contributed by atoms with van der Waals surface area (Å²) in [7, 11) is 0. The molecule has 0 radical (unpaired) electrons. The van der Waals surface area contributed by atoms with Gasteiger partial charge in [-0.05, 0) is 35.7 Å². The van der Waals surface area contributed by atoms with Gasteiger partial charge in [-0.1, -0.05) is 18.2 Å². The van der Waals surface area contributed by atoms with Crippen LogP contribution in [0.1, 0.15) is 27.0 Å². The third-order valence-corrected chi connectivity index (χ3v) is 3.70. The van der Waals surface area contributed by atoms with Crippen LogP contribution in [-0.2, 0) is 13.1 Å². The molecule has 0 aliphatic carbocycles. The number of carbonyl (C=O) groups excluding carboxylic acids is 1. The third-order valence-electron chi connectivity index (χ3n) is 3.70. The molecule has 0 spiro atoms. The van der Waals surface area contributed by atoms with Gasteiger partial charge in [0.1, 0.15) is 5.82 Å². The molecule has 0 fully saturated rings. The van der Waals surface area contributed by atoms with E-state index >= 15 is 0 Å². The predicted molar refractivity (Wildman–Crippen MR) is 74.5 cm³/mol. The summed E-state index contributed by atoms with van der Waals surface area (Å²) in [5.41, 5.74) is 2.17. The van der Waals surface area contributed by atoms with Gasteiger partial charge >= 0.3 is 0 Å². The zero-order valence-corrected chi connectivity index (χ0v) is 11.4. The van der Waals surface area contributed by atoms with Crippen LogP contribution in [0, 0.1) is 12.7 Å². The van der Waals surface area contributed by atoms with Crippen LogP contribution in [-0.4, -0.2) is 21.0 Å². The van der Waals surface area contributed by atoms with E-state index in [1.807, 2.05) is 0 Å². The van der Waals surface area contributed by atoms with Gasteiger partial charge in [-0.2, -0.15) is 0 Å². The molecule has 0 aromatic heterocycles. The molecule has 1 aliphatic heterocycles. The fourth-order valence-electron chi connectivity index (χ4n) is 2.58. The Bertz CT molecular complexity index is 743. The van der Waals surface area contributed by atoms with E-state index in [4.69, 9.17) is 0 Å². The highest BCUT2D eigenvalue weighted by Crippen LogP contribution is 2.37. The number of carbonyl (C=O) groups is 1. The van der Waals surface area contributed by atoms with E-state index in [2.05, 4.69) is 0 Å². The quantitative estimate of drug-likeness (QED) is 0.835. The Labute approximate surface area is 121 Å². The van der Waals surface area contributed by atoms with Gasteiger partial charge in [0, 0.05) is 13.1 Å². The number of hydrogen-bond acceptors (Lipinski definition) is 3. The normalized spacial score (nSPS) is 13.6. The van der Waals surface area contributed by atoms with E-state index in [0.717, 1.165) is 5.56 Å². The molecule has 2 aromatic carbocycles. The van der Waals surface area contributed by atoms with Crippen LogP contribution in [0.4, 0.5) is 4.39 Å². The van der Waals surface area contributed by atoms with Crippen molar-refractivity contribution in [2.45, 2.75) is 20.0 Å². The highest BCUT2D eigenvalue weighted by Gasteiger charge is 2.31. The minimum Gasteiger partial charge on any atom is -0.504 e. The van der Waals surface area contributed by atoms with E-state index in [9.17, 15) is 19.4 Å². The summed E-state index contributed by atoms with van der Waals surface area (Å²) in [6.07, 6.45) is 0. The molecule has 5 heteroatoms. The topological polar surface area (TPSA) is 60.8 Å². The van der Waals surface area contributed by atoms with Crippen molar-refractivity contribution in [3.8, 4) is 11.5 Å². The first kappa shape index (κ1) is 13.4. The Morgan fingerprint density at radius 1 is 1.24 bits per heavy atom. The summed E-state index contributed by atoms with van der Waals surface area (Å²) in [6.45, 7) is 2.36. The van der Waals surface area contributed by atoms with Crippen LogP contribution in [0.3, 0.4) is 0 Å². The lowest BCUT2D eigenvalue weighted by atomic mass is 10.1. The standard InChI is InChI=1S/C16H14FNO3/c1-9-6-10(2-4-12(9)17)7-18-8-11-3-5-13(19)15(20)14(11)16(18)21/h2-6,19-20H,7-8H2,1H3. The largest absolute Gasteiger partial charge is 0.504 e. The first-order valence-corrected chi connectivity index (χ1v) is 6.55. The fraction of sp³-hybridized carbons (Fsp3) is 0.188. The van der Waals surface area contributed by atoms with Gasteiger partial charge in [0.2, 0.25) is 0 Å². The number of hydrogen-bond donors (Lipinski definition) is 2. The van der Waals surface area contributed by atoms with Crippen molar-refractivity contribution >= 4 is 5.91 Å². The second-order valence-electron chi connectivity index (χ2n) is 5.21. The lowest BCUT2D eigenvalue weighted by Crippen LogP contribution is -2.23. The summed E-state index contributed by atoms with van der Waals surface area (Å²) in [6, 6.07) is 7.70. The number of rotatable bonds is 2. The van der Waals surface area contributed by atoms with E-state index in [-0.39, 0.29) is 28.8 Å². The monoisotopic (exact) mass is 287 g/mol. The smallest absolute Gasteiger partial charge is 0.258 e. The van der Waals surface area contributed by atoms with Crippen LogP contribution in [0.5, 0.6) is 11.5 Å². The molecule has 0 unspecified atom stereocenters. The maximum absolute atomic E-state index is 13.3. The number of halogens is 1. The van der Waals surface area contributed by atoms with Crippen molar-refractivity contribution in [1.82, 2.24) is 4.90 Å². The SMILES string of the molecule is Cc1cc(CN2Cc3ccc(O)c(O)c3C2=O)ccc1F. The summed E-state index contributed by atoms with van der Waals surface area (Å²) in [5, 5.41) is 19.3. The van der Waals surface area contributed by atoms with Gasteiger partial charge < -0.3 is 15.1 Å². The molecular formula is C16H14FNO3. The molecule has 0 saturated carbocycles. The van der Waals surface area contributed by atoms with Crippen LogP contribution in [0.2, 0.25) is 0 Å². The Morgan fingerprint density at radius 2 is 2.00 bits per heavy atom. The maximum atomic E-state index is 13.3. The number of aryl methyl sites for hydroxylation is 1. The molecule has 1 aliphatic rings. The van der Waals surface area contributed by atoms with Crippen LogP contribution in [0.25, 0.3) is 0 Å². The van der Waals surface area contributed by atoms with Crippen molar-refractivity contribution in [2.75, 3.05) is 0 Å². The zero-order chi connectivity index (χ0) is 15.1. The van der Waals surface area contributed by atoms with Gasteiger partial charge in [-0.3, -0.25) is 4.79 Å². The van der Waals surface area contributed by atoms with E-state index in [1.165, 1.54) is 12.1 Å². The Kier molecular flexibility index (Phi) is 3.05. The fourth-order valence-corrected chi connectivity index (χ4v) is 2.58. The van der Waals surface area contributed by atoms with E-state index in [0.29, 0.717) is 24.2 Å². The van der Waals surface area contributed by atoms with Gasteiger partial charge in [-0.15, -0.1) is 0 Å². The van der Waals surface area contributed by atoms with Crippen LogP contribution >= 0.6 is 0 Å². The lowest BCUT2D eigenvalue weighted by Gasteiger charge is -2.16. The molecule has 3 rings (SSSR count). The summed E-state index contributed by atoms with van der Waals surface area (Å²) >= 11 is 0. The average molecular weight is 287 g/mol. The number of benzene rings is 2. The Balaban J connectivity index is 1.88. The molecule has 2 N–H and O–H groups in total. The molecule has 21 heavy (non-hydrogen) atoms. The number of aromatic hydroxyl groups is 2. The number of fused-ring (bicyclic) bond motifs is 1. The molecule has 108 valence electrons. The Morgan fingerprint density at radius 3 is 2.71 bits per heavy atom. The number of amides is 1. The zero-order valence-electron chi connectivity index (χ0n) is 11.4. The first-order valence-electron chi connectivity index (χ1n) is 6.55. The summed E-state index contributed by atoms with van der Waals surface area (Å²) < 4.78 is 13.3. The van der Waals surface area contributed by atoms with Crippen molar-refractivity contribution in [1.29, 1.82) is 0 Å². The lowest BCUT2D eigenvalue weighted by molar-refractivity contribution is 0.0764. The first-order chi connectivity index (χ1) is 9.97. The number of phenolic OH excluding ortho intramolecular Hbond substituents is 2. The van der Waals surface area contributed by atoms with Crippen molar-refractivity contribution in [3.63, 3.8) is 0 Å². The van der Waals surface area contributed by atoms with E-state index < -0.39 is 0 Å². The Hall–Kier alpha value is -2.56. The van der Waals surface area contributed by atoms with Gasteiger partial charge in [-0.25, -0.2) is 4.39 Å². The molecule has 4 nitrogen and oxygen atoms in total. The molecule has 0 bridgehead atoms. The molecule has 0 atom stereocenters. The molecule has 2 aromatic rings. The molecule has 1 amide bonds. The molecule has 1 heterocycles. The molecule has 0 saturated heterocycles. The van der Waals surface area contributed by atoms with E-state index in [1.54, 1.807) is 30.0 Å². The van der Waals surface area contributed by atoms with Gasteiger partial charge in [0.15, 0.2) is 11.5 Å². The molecular weight excluding hydrogens is 273 g/mol. The van der Waals surface area contributed by atoms with Crippen LogP contribution < -0.4 is 0 Å². The second-order valence-corrected chi connectivity index (χ2v) is 5.21. The highest BCUT2D eigenvalue weighted by molar-refractivity contribution is 6.01. The van der Waals surface area contributed by atoms with Crippen molar-refractivity contribution in [3.05, 3.63) is 58.4 Å². The second kappa shape index (κ2) is 4.77. The summed E-state index contributed by atoms with van der Waals surface area (Å²) in [4.78, 5) is 13.9. The van der Waals surface area contributed by atoms with Gasteiger partial charge in [0.05, 0.1) is 5.56 Å². The minimum atomic E-state index is -0.379.